The van der Waals surface area contributed by atoms with E-state index in [1.54, 1.807) is 17.0 Å². The van der Waals surface area contributed by atoms with Gasteiger partial charge in [-0.05, 0) is 44.2 Å². The zero-order chi connectivity index (χ0) is 16.5. The molecule has 0 amide bonds. The summed E-state index contributed by atoms with van der Waals surface area (Å²) in [6.07, 6.45) is 7.63. The normalized spacial score (nSPS) is 20.5. The molecule has 2 unspecified atom stereocenters. The predicted molar refractivity (Wildman–Crippen MR) is 93.7 cm³/mol. The van der Waals surface area contributed by atoms with Crippen molar-refractivity contribution in [3.05, 3.63) is 35.9 Å². The van der Waals surface area contributed by atoms with E-state index in [1.165, 1.54) is 38.6 Å². The highest BCUT2D eigenvalue weighted by molar-refractivity contribution is 5.89. The number of nitrogens with one attached hydrogen (secondary N) is 1. The topological polar surface area (TPSA) is 30.7 Å². The number of esters is 1. The third-order valence-electron chi connectivity index (χ3n) is 5.29. The van der Waals surface area contributed by atoms with E-state index >= 15 is 0 Å². The summed E-state index contributed by atoms with van der Waals surface area (Å²) in [6, 6.07) is 10.1. The van der Waals surface area contributed by atoms with Crippen LogP contribution in [0.4, 0.5) is 0 Å². The van der Waals surface area contributed by atoms with Gasteiger partial charge in [-0.2, -0.15) is 0 Å². The van der Waals surface area contributed by atoms with Gasteiger partial charge < -0.3 is 22.0 Å². The van der Waals surface area contributed by atoms with Crippen LogP contribution in [0.3, 0.4) is 0 Å². The Morgan fingerprint density at radius 1 is 1.21 bits per heavy atom. The third kappa shape index (κ3) is 6.10. The molecule has 0 saturated carbocycles. The number of quaternary nitrogens is 1. The van der Waals surface area contributed by atoms with Crippen molar-refractivity contribution in [2.24, 2.45) is 5.92 Å². The summed E-state index contributed by atoms with van der Waals surface area (Å²) < 4.78 is 5.42. The Bertz CT molecular complexity index is 462. The van der Waals surface area contributed by atoms with Crippen LogP contribution in [0.1, 0.15) is 62.7 Å². The molecule has 1 aromatic rings. The molecule has 4 heteroatoms. The number of likely N-dealkylation sites (tertiary alicyclic amines) is 1. The first-order chi connectivity index (χ1) is 11.3. The molecule has 0 bridgehead atoms. The number of benzene rings is 1. The quantitative estimate of drug-likeness (QED) is 0.531. The van der Waals surface area contributed by atoms with Crippen LogP contribution in [0.2, 0.25) is 0 Å². The van der Waals surface area contributed by atoms with Gasteiger partial charge in [-0.3, -0.25) is 0 Å². The maximum Gasteiger partial charge on any atom is 0.338 e. The van der Waals surface area contributed by atoms with E-state index in [9.17, 15) is 4.79 Å². The van der Waals surface area contributed by atoms with Crippen LogP contribution in [-0.4, -0.2) is 31.7 Å². The Hall–Kier alpha value is -1.06. The summed E-state index contributed by atoms with van der Waals surface area (Å²) in [5.74, 6) is 0.646. The van der Waals surface area contributed by atoms with Gasteiger partial charge in [-0.1, -0.05) is 32.0 Å². The van der Waals surface area contributed by atoms with Crippen LogP contribution in [0.5, 0.6) is 0 Å². The standard InChI is InChI=1S/C20H31NO2.ClH/c1-3-17(4-2)19-13-8-9-14-21(19)15-10-16-23-20(22)18-11-6-5-7-12-18;/h5-7,11-12,17,19H,3-4,8-10,13-16H2,1-2H3;1H. The minimum absolute atomic E-state index is 0. The lowest BCUT2D eigenvalue weighted by Gasteiger charge is -2.37. The van der Waals surface area contributed by atoms with Gasteiger partial charge in [0.05, 0.1) is 31.3 Å². The van der Waals surface area contributed by atoms with Crippen molar-refractivity contribution in [2.75, 3.05) is 19.7 Å². The van der Waals surface area contributed by atoms with Crippen molar-refractivity contribution < 1.29 is 26.8 Å². The number of carbonyl (C=O) groups excluding carboxylic acids is 1. The Morgan fingerprint density at radius 3 is 2.58 bits per heavy atom. The van der Waals surface area contributed by atoms with E-state index in [1.807, 2.05) is 18.2 Å². The Labute approximate surface area is 153 Å². The second-order valence-corrected chi connectivity index (χ2v) is 6.69. The second kappa shape index (κ2) is 11.5. The summed E-state index contributed by atoms with van der Waals surface area (Å²) >= 11 is 0. The van der Waals surface area contributed by atoms with Crippen molar-refractivity contribution in [2.45, 2.75) is 58.4 Å². The molecule has 0 aromatic heterocycles. The van der Waals surface area contributed by atoms with Gasteiger partial charge in [0.1, 0.15) is 0 Å². The van der Waals surface area contributed by atoms with Gasteiger partial charge in [0, 0.05) is 12.3 Å². The molecule has 0 radical (unpaired) electrons. The Balaban J connectivity index is 0.00000288. The fourth-order valence-corrected chi connectivity index (χ4v) is 3.96. The highest BCUT2D eigenvalue weighted by Crippen LogP contribution is 2.18. The molecule has 3 nitrogen and oxygen atoms in total. The first-order valence-electron chi connectivity index (χ1n) is 9.33. The average Bonchev–Trinajstić information content (AvgIpc) is 2.61. The van der Waals surface area contributed by atoms with Gasteiger partial charge >= 0.3 is 5.97 Å². The molecule has 136 valence electrons. The molecule has 0 aliphatic carbocycles. The zero-order valence-electron chi connectivity index (χ0n) is 15.1. The number of rotatable bonds is 8. The maximum absolute atomic E-state index is 11.9. The smallest absolute Gasteiger partial charge is 0.338 e. The van der Waals surface area contributed by atoms with Crippen molar-refractivity contribution in [1.82, 2.24) is 0 Å². The van der Waals surface area contributed by atoms with Gasteiger partial charge in [0.25, 0.3) is 0 Å². The molecule has 1 N–H and O–H groups in total. The van der Waals surface area contributed by atoms with Crippen LogP contribution in [0.25, 0.3) is 0 Å². The third-order valence-corrected chi connectivity index (χ3v) is 5.29. The van der Waals surface area contributed by atoms with E-state index in [2.05, 4.69) is 13.8 Å². The van der Waals surface area contributed by atoms with Crippen molar-refractivity contribution in [1.29, 1.82) is 0 Å². The maximum atomic E-state index is 11.9. The van der Waals surface area contributed by atoms with Gasteiger partial charge in [-0.25, -0.2) is 4.79 Å². The van der Waals surface area contributed by atoms with Gasteiger partial charge in [-0.15, -0.1) is 0 Å². The first-order valence-corrected chi connectivity index (χ1v) is 9.33. The molecule has 2 atom stereocenters. The second-order valence-electron chi connectivity index (χ2n) is 6.69. The van der Waals surface area contributed by atoms with Crippen molar-refractivity contribution in [3.8, 4) is 0 Å². The lowest BCUT2D eigenvalue weighted by Crippen LogP contribution is -3.17. The zero-order valence-corrected chi connectivity index (χ0v) is 15.9. The average molecular weight is 354 g/mol. The lowest BCUT2D eigenvalue weighted by molar-refractivity contribution is -0.935. The largest absolute Gasteiger partial charge is 1.00 e. The molecule has 1 saturated heterocycles. The molecule has 2 rings (SSSR count). The molecule has 1 fully saturated rings. The predicted octanol–water partition coefficient (Wildman–Crippen LogP) is 0.111. The van der Waals surface area contributed by atoms with E-state index in [4.69, 9.17) is 4.74 Å². The lowest BCUT2D eigenvalue weighted by atomic mass is 9.86. The van der Waals surface area contributed by atoms with Crippen LogP contribution in [-0.2, 0) is 4.74 Å². The monoisotopic (exact) mass is 353 g/mol. The Morgan fingerprint density at radius 2 is 1.92 bits per heavy atom. The highest BCUT2D eigenvalue weighted by Gasteiger charge is 2.31. The summed E-state index contributed by atoms with van der Waals surface area (Å²) in [5, 5.41) is 0. The molecule has 1 aromatic carbocycles. The molecule has 24 heavy (non-hydrogen) atoms. The number of piperidine rings is 1. The SMILES string of the molecule is CCC(CC)C1CCCC[NH+]1CCCOC(=O)c1ccccc1.[Cl-]. The fourth-order valence-electron chi connectivity index (χ4n) is 3.96. The van der Waals surface area contributed by atoms with Crippen LogP contribution < -0.4 is 17.3 Å². The van der Waals surface area contributed by atoms with Gasteiger partial charge in [0.15, 0.2) is 0 Å². The minimum Gasteiger partial charge on any atom is -1.00 e. The van der Waals surface area contributed by atoms with Crippen LogP contribution in [0, 0.1) is 5.92 Å². The molecule has 1 heterocycles. The number of halogens is 1. The number of carbonyl (C=O) groups is 1. The van der Waals surface area contributed by atoms with Gasteiger partial charge in [0.2, 0.25) is 0 Å². The fraction of sp³-hybridized carbons (Fsp3) is 0.650. The summed E-state index contributed by atoms with van der Waals surface area (Å²) in [5.41, 5.74) is 0.646. The first kappa shape index (κ1) is 21.0. The molecule has 1 aliphatic heterocycles. The molecular weight excluding hydrogens is 322 g/mol. The molecule has 0 spiro atoms. The minimum atomic E-state index is -0.198. The van der Waals surface area contributed by atoms with E-state index in [0.717, 1.165) is 24.9 Å². The number of hydrogen-bond acceptors (Lipinski definition) is 2. The van der Waals surface area contributed by atoms with Crippen molar-refractivity contribution in [3.63, 3.8) is 0 Å². The molecular formula is C20H32ClNO2. The van der Waals surface area contributed by atoms with Crippen LogP contribution >= 0.6 is 0 Å². The number of ether oxygens (including phenoxy) is 1. The summed E-state index contributed by atoms with van der Waals surface area (Å²) in [6.45, 7) is 7.59. The summed E-state index contributed by atoms with van der Waals surface area (Å²) in [4.78, 5) is 13.7. The highest BCUT2D eigenvalue weighted by atomic mass is 35.5. The summed E-state index contributed by atoms with van der Waals surface area (Å²) in [7, 11) is 0. The number of hydrogen-bond donors (Lipinski definition) is 1. The van der Waals surface area contributed by atoms with Crippen molar-refractivity contribution >= 4 is 5.97 Å². The van der Waals surface area contributed by atoms with E-state index in [0.29, 0.717) is 12.2 Å². The van der Waals surface area contributed by atoms with E-state index in [-0.39, 0.29) is 18.4 Å². The Kier molecular flexibility index (Phi) is 10.0. The molecule has 1 aliphatic rings. The van der Waals surface area contributed by atoms with E-state index < -0.39 is 0 Å². The van der Waals surface area contributed by atoms with Crippen LogP contribution in [0.15, 0.2) is 30.3 Å².